The van der Waals surface area contributed by atoms with Crippen LogP contribution in [0.3, 0.4) is 0 Å². The minimum absolute atomic E-state index is 0.0655. The van der Waals surface area contributed by atoms with E-state index in [0.29, 0.717) is 16.9 Å². The number of fused-ring (bicyclic) bond motifs is 1. The number of hydrogen-bond donors (Lipinski definition) is 6. The molecule has 0 bridgehead atoms. The van der Waals surface area contributed by atoms with E-state index in [-0.39, 0.29) is 66.8 Å². The molecule has 7 N–H and O–H groups in total. The van der Waals surface area contributed by atoms with Gasteiger partial charge < -0.3 is 10.8 Å². The van der Waals surface area contributed by atoms with Crippen molar-refractivity contribution < 1.29 is 77.9 Å². The summed E-state index contributed by atoms with van der Waals surface area (Å²) in [6.07, 6.45) is 1.88. The lowest BCUT2D eigenvalue weighted by molar-refractivity contribution is -0.432. The average Bonchev–Trinajstić information content (AvgIpc) is 3.17. The summed E-state index contributed by atoms with van der Waals surface area (Å²) in [4.78, 5) is 13.6. The Morgan fingerprint density at radius 3 is 2.12 bits per heavy atom. The van der Waals surface area contributed by atoms with E-state index >= 15 is 0 Å². The number of phenols is 1. The first kappa shape index (κ1) is 45.9. The summed E-state index contributed by atoms with van der Waals surface area (Å²) >= 11 is 1.46. The highest BCUT2D eigenvalue weighted by Gasteiger charge is 2.26. The number of nitroso groups, excluding NO2 is 1. The highest BCUT2D eigenvalue weighted by atomic mass is 32.3. The fourth-order valence-electron chi connectivity index (χ4n) is 4.27. The maximum absolute atomic E-state index is 12.9. The van der Waals surface area contributed by atoms with Crippen LogP contribution in [0, 0.1) is 16.3 Å². The SMILES string of the molecule is CN(CCS(=O)(=O)c1ccc(N=Nc2c(S(=O)(=O)O)cc3cc(SOOO)c(N=Nc4ccc(SC#COOS(=O)(=O)O)cc4)c(N)c3c2O)c(SOOO)c1)N=O. The second-order valence-corrected chi connectivity index (χ2v) is 17.3. The van der Waals surface area contributed by atoms with Crippen molar-refractivity contribution in [2.24, 2.45) is 25.7 Å². The molecule has 0 fully saturated rings. The van der Waals surface area contributed by atoms with Gasteiger partial charge in [-0.15, -0.1) is 28.9 Å². The molecule has 0 amide bonds. The third-order valence-corrected chi connectivity index (χ3v) is 11.5. The first-order valence-corrected chi connectivity index (χ1v) is 21.4. The number of benzene rings is 4. The Hall–Kier alpha value is -4.76. The summed E-state index contributed by atoms with van der Waals surface area (Å²) in [6, 6.07) is 11.2. The Morgan fingerprint density at radius 1 is 0.845 bits per heavy atom. The zero-order valence-electron chi connectivity index (χ0n) is 28.4. The number of anilines is 1. The van der Waals surface area contributed by atoms with E-state index in [1.807, 2.05) is 6.11 Å². The number of sulfone groups is 1. The Labute approximate surface area is 338 Å². The van der Waals surface area contributed by atoms with E-state index in [4.69, 9.17) is 20.8 Å². The topological polar surface area (TPSA) is 367 Å². The molecule has 0 radical (unpaired) electrons. The maximum Gasteiger partial charge on any atom is 0.433 e. The van der Waals surface area contributed by atoms with Crippen molar-refractivity contribution in [2.45, 2.75) is 24.5 Å². The molecule has 31 heteroatoms. The molecule has 0 aliphatic rings. The molecular formula is C27H23N7O18S6. The summed E-state index contributed by atoms with van der Waals surface area (Å²) in [5.74, 6) is -1.49. The number of phenolic OH excluding ortho intramolecular Hbond substituents is 1. The molecule has 0 saturated heterocycles. The fourth-order valence-corrected chi connectivity index (χ4v) is 7.89. The molecule has 4 aromatic rings. The Morgan fingerprint density at radius 2 is 1.50 bits per heavy atom. The van der Waals surface area contributed by atoms with Crippen molar-refractivity contribution in [3.63, 3.8) is 0 Å². The van der Waals surface area contributed by atoms with Crippen molar-refractivity contribution in [3.05, 3.63) is 59.5 Å². The van der Waals surface area contributed by atoms with Gasteiger partial charge in [0.25, 0.3) is 10.1 Å². The second kappa shape index (κ2) is 20.3. The highest BCUT2D eigenvalue weighted by molar-refractivity contribution is 8.04. The van der Waals surface area contributed by atoms with Gasteiger partial charge in [-0.05, 0) is 76.1 Å². The molecule has 58 heavy (non-hydrogen) atoms. The van der Waals surface area contributed by atoms with Gasteiger partial charge in [0.15, 0.2) is 21.7 Å². The molecule has 4 rings (SSSR count). The normalized spacial score (nSPS) is 12.2. The van der Waals surface area contributed by atoms with E-state index in [0.717, 1.165) is 41.0 Å². The van der Waals surface area contributed by atoms with Crippen LogP contribution in [0.25, 0.3) is 10.8 Å². The van der Waals surface area contributed by atoms with Gasteiger partial charge in [-0.25, -0.2) is 18.9 Å². The zero-order chi connectivity index (χ0) is 42.7. The van der Waals surface area contributed by atoms with Crippen LogP contribution in [0.5, 0.6) is 5.75 Å². The van der Waals surface area contributed by atoms with Gasteiger partial charge in [0, 0.05) is 17.2 Å². The summed E-state index contributed by atoms with van der Waals surface area (Å²) in [5.41, 5.74) is 4.93. The number of nitrogens with two attached hydrogens (primary N) is 1. The van der Waals surface area contributed by atoms with Crippen molar-refractivity contribution in [1.29, 1.82) is 0 Å². The van der Waals surface area contributed by atoms with Crippen LogP contribution in [0.15, 0.2) is 105 Å². The summed E-state index contributed by atoms with van der Waals surface area (Å²) in [7, 11) is -12.8. The van der Waals surface area contributed by atoms with Crippen LogP contribution in [-0.4, -0.2) is 74.3 Å². The summed E-state index contributed by atoms with van der Waals surface area (Å²) < 4.78 is 103. The lowest BCUT2D eigenvalue weighted by atomic mass is 10.1. The van der Waals surface area contributed by atoms with Gasteiger partial charge in [0.2, 0.25) is 0 Å². The average molecular weight is 926 g/mol. The van der Waals surface area contributed by atoms with Gasteiger partial charge in [0.1, 0.15) is 22.0 Å². The van der Waals surface area contributed by atoms with Gasteiger partial charge in [-0.2, -0.15) is 21.9 Å². The minimum Gasteiger partial charge on any atom is -0.505 e. The smallest absolute Gasteiger partial charge is 0.433 e. The molecule has 0 spiro atoms. The third-order valence-electron chi connectivity index (χ3n) is 6.75. The number of hydrogen-bond acceptors (Lipinski definition) is 25. The van der Waals surface area contributed by atoms with Crippen LogP contribution in [0.1, 0.15) is 0 Å². The molecule has 0 unspecified atom stereocenters. The monoisotopic (exact) mass is 925 g/mol. The molecule has 310 valence electrons. The molecule has 0 aromatic heterocycles. The Bertz CT molecular complexity index is 2620. The molecule has 0 aliphatic carbocycles. The lowest BCUT2D eigenvalue weighted by Gasteiger charge is -2.14. The largest absolute Gasteiger partial charge is 0.505 e. The molecule has 0 aliphatic heterocycles. The van der Waals surface area contributed by atoms with Crippen molar-refractivity contribution in [1.82, 2.24) is 5.01 Å². The third kappa shape index (κ3) is 12.6. The molecule has 4 aromatic carbocycles. The van der Waals surface area contributed by atoms with E-state index < -0.39 is 52.4 Å². The Balaban J connectivity index is 1.78. The number of azo groups is 2. The second-order valence-electron chi connectivity index (χ2n) is 10.4. The van der Waals surface area contributed by atoms with Gasteiger partial charge in [0.05, 0.1) is 73.1 Å². The molecule has 25 nitrogen and oxygen atoms in total. The zero-order valence-corrected chi connectivity index (χ0v) is 33.3. The molecule has 0 atom stereocenters. The number of rotatable bonds is 19. The van der Waals surface area contributed by atoms with E-state index in [1.54, 1.807) is 0 Å². The predicted molar refractivity (Wildman–Crippen MR) is 200 cm³/mol. The highest BCUT2D eigenvalue weighted by Crippen LogP contribution is 2.49. The van der Waals surface area contributed by atoms with Crippen molar-refractivity contribution in [3.8, 4) is 17.1 Å². The van der Waals surface area contributed by atoms with Gasteiger partial charge in [-0.1, -0.05) is 10.1 Å². The molecule has 0 heterocycles. The molecular weight excluding hydrogens is 903 g/mol. The van der Waals surface area contributed by atoms with Crippen molar-refractivity contribution >= 4 is 105 Å². The lowest BCUT2D eigenvalue weighted by Crippen LogP contribution is -2.21. The van der Waals surface area contributed by atoms with Crippen LogP contribution in [0.4, 0.5) is 28.4 Å². The summed E-state index contributed by atoms with van der Waals surface area (Å²) in [5, 5.41) is 57.4. The van der Waals surface area contributed by atoms with Crippen LogP contribution >= 0.6 is 35.8 Å². The number of aromatic hydroxyl groups is 1. The van der Waals surface area contributed by atoms with Crippen LogP contribution in [-0.2, 0) is 58.3 Å². The van der Waals surface area contributed by atoms with E-state index in [9.17, 15) is 39.8 Å². The predicted octanol–water partition coefficient (Wildman–Crippen LogP) is 6.21. The Kier molecular flexibility index (Phi) is 16.1. The van der Waals surface area contributed by atoms with E-state index in [1.165, 1.54) is 37.4 Å². The minimum atomic E-state index is -5.19. The standard InChI is InChI=1S/C27H23N7O18S6/c1-34(33-36)8-11-56(39,40)18-6-7-19(20(14-18)54-50-48-37)30-32-26-22(57(41,42)43)13-15-12-21(55-51-49-38)25(24(28)23(15)27(26)35)31-29-16-2-4-17(5-3-16)53-10-9-47-52-58(44,45)46/h2-7,12-14,35,37-38H,8,11,28H2,1H3,(H,41,42,43)(H,44,45,46). The maximum atomic E-state index is 12.9. The number of nitrogen functional groups attached to an aromatic ring is 1. The van der Waals surface area contributed by atoms with Crippen molar-refractivity contribution in [2.75, 3.05) is 25.1 Å². The van der Waals surface area contributed by atoms with Crippen LogP contribution in [0.2, 0.25) is 0 Å². The van der Waals surface area contributed by atoms with Crippen LogP contribution < -0.4 is 5.73 Å². The summed E-state index contributed by atoms with van der Waals surface area (Å²) in [6.45, 7) is -0.261. The number of nitrogens with zero attached hydrogens (tertiary/aromatic N) is 6. The van der Waals surface area contributed by atoms with Gasteiger partial charge in [-0.3, -0.25) is 19.0 Å². The fraction of sp³-hybridized carbons (Fsp3) is 0.111. The first-order valence-electron chi connectivity index (χ1n) is 14.6. The quantitative estimate of drug-likeness (QED) is 0.00700. The number of thioether (sulfide) groups is 1. The first-order chi connectivity index (χ1) is 27.4. The molecule has 0 saturated carbocycles. The van der Waals surface area contributed by atoms with Gasteiger partial charge >= 0.3 is 10.4 Å². The van der Waals surface area contributed by atoms with E-state index in [2.05, 4.69) is 59.0 Å².